The molecule has 184 valence electrons. The molecule has 0 unspecified atom stereocenters. The van der Waals surface area contributed by atoms with E-state index in [-0.39, 0.29) is 16.9 Å². The van der Waals surface area contributed by atoms with Crippen molar-refractivity contribution in [3.05, 3.63) is 59.9 Å². The second kappa shape index (κ2) is 7.94. The first-order valence-corrected chi connectivity index (χ1v) is 12.5. The van der Waals surface area contributed by atoms with Gasteiger partial charge in [0.2, 0.25) is 5.91 Å². The number of benzene rings is 1. The van der Waals surface area contributed by atoms with Gasteiger partial charge in [0.15, 0.2) is 0 Å². The first kappa shape index (κ1) is 22.8. The topological polar surface area (TPSA) is 74.4 Å². The van der Waals surface area contributed by atoms with Crippen LogP contribution in [0.5, 0.6) is 0 Å². The van der Waals surface area contributed by atoms with Crippen LogP contribution in [0.1, 0.15) is 37.1 Å². The van der Waals surface area contributed by atoms with Gasteiger partial charge in [-0.25, -0.2) is 4.98 Å². The Balaban J connectivity index is 1.49. The summed E-state index contributed by atoms with van der Waals surface area (Å²) in [6, 6.07) is 10.9. The monoisotopic (exact) mass is 481 g/mol. The van der Waals surface area contributed by atoms with Crippen molar-refractivity contribution in [2.45, 2.75) is 38.9 Å². The molecule has 6 rings (SSSR count). The average Bonchev–Trinajstić information content (AvgIpc) is 3.45. The maximum atomic E-state index is 12.0. The highest BCUT2D eigenvalue weighted by molar-refractivity contribution is 5.98. The molecular formula is C29H31N5O2. The highest BCUT2D eigenvalue weighted by Crippen LogP contribution is 2.45. The van der Waals surface area contributed by atoms with Crippen LogP contribution in [0, 0.1) is 16.7 Å². The number of carbonyl (C=O) groups excluding carboxylic acids is 1. The number of pyridine rings is 1. The second-order valence-electron chi connectivity index (χ2n) is 11.2. The minimum absolute atomic E-state index is 0.0103. The quantitative estimate of drug-likeness (QED) is 0.525. The van der Waals surface area contributed by atoms with Crippen molar-refractivity contribution >= 4 is 22.6 Å². The number of para-hydroxylation sites is 1. The normalized spacial score (nSPS) is 19.7. The molecule has 0 bridgehead atoms. The molecule has 5 heterocycles. The van der Waals surface area contributed by atoms with Crippen molar-refractivity contribution in [3.63, 3.8) is 0 Å². The van der Waals surface area contributed by atoms with E-state index in [0.29, 0.717) is 18.6 Å². The fourth-order valence-corrected chi connectivity index (χ4v) is 6.29. The summed E-state index contributed by atoms with van der Waals surface area (Å²) in [5.41, 5.74) is 5.48. The van der Waals surface area contributed by atoms with Gasteiger partial charge in [-0.2, -0.15) is 5.26 Å². The lowest BCUT2D eigenvalue weighted by molar-refractivity contribution is -0.136. The molecule has 7 nitrogen and oxygen atoms in total. The smallest absolute Gasteiger partial charge is 0.245 e. The molecule has 3 aliphatic heterocycles. The first-order valence-electron chi connectivity index (χ1n) is 12.5. The average molecular weight is 482 g/mol. The minimum atomic E-state index is -0.314. The van der Waals surface area contributed by atoms with Crippen LogP contribution in [0.4, 0.5) is 5.82 Å². The van der Waals surface area contributed by atoms with Gasteiger partial charge in [0, 0.05) is 73.3 Å². The Morgan fingerprint density at radius 3 is 2.81 bits per heavy atom. The zero-order valence-electron chi connectivity index (χ0n) is 21.2. The van der Waals surface area contributed by atoms with Crippen LogP contribution < -0.4 is 4.90 Å². The molecule has 0 radical (unpaired) electrons. The summed E-state index contributed by atoms with van der Waals surface area (Å²) >= 11 is 0. The fraction of sp³-hybridized carbons (Fsp3) is 0.414. The third kappa shape index (κ3) is 3.43. The first-order chi connectivity index (χ1) is 17.2. The number of ether oxygens (including phenoxy) is 1. The van der Waals surface area contributed by atoms with E-state index in [4.69, 9.17) is 9.72 Å². The SMILES string of the molecule is C=CC(=O)N1CC2(CCN(c3nc4c(c(-c5cccc6ccn(C)c56)c3C#N)COC(C)(C)C4)C2)C1. The van der Waals surface area contributed by atoms with Gasteiger partial charge >= 0.3 is 0 Å². The van der Waals surface area contributed by atoms with E-state index < -0.39 is 0 Å². The zero-order chi connectivity index (χ0) is 25.2. The van der Waals surface area contributed by atoms with E-state index in [0.717, 1.165) is 71.7 Å². The lowest BCUT2D eigenvalue weighted by Gasteiger charge is -2.47. The number of fused-ring (bicyclic) bond motifs is 2. The molecule has 1 aromatic carbocycles. The third-order valence-electron chi connectivity index (χ3n) is 8.12. The van der Waals surface area contributed by atoms with Crippen LogP contribution in [0.15, 0.2) is 43.1 Å². The van der Waals surface area contributed by atoms with E-state index in [1.54, 1.807) is 0 Å². The summed E-state index contributed by atoms with van der Waals surface area (Å²) in [6.45, 7) is 11.3. The van der Waals surface area contributed by atoms with Gasteiger partial charge in [0.25, 0.3) is 0 Å². The second-order valence-corrected chi connectivity index (χ2v) is 11.2. The molecule has 2 fully saturated rings. The van der Waals surface area contributed by atoms with E-state index in [1.165, 1.54) is 6.08 Å². The molecule has 7 heteroatoms. The summed E-state index contributed by atoms with van der Waals surface area (Å²) in [5, 5.41) is 11.7. The van der Waals surface area contributed by atoms with Crippen molar-refractivity contribution in [2.75, 3.05) is 31.1 Å². The number of aromatic nitrogens is 2. The molecule has 0 aliphatic carbocycles. The van der Waals surface area contributed by atoms with Crippen molar-refractivity contribution < 1.29 is 9.53 Å². The van der Waals surface area contributed by atoms with Crippen molar-refractivity contribution in [1.82, 2.24) is 14.5 Å². The van der Waals surface area contributed by atoms with Crippen LogP contribution in [0.3, 0.4) is 0 Å². The molecule has 2 saturated heterocycles. The zero-order valence-corrected chi connectivity index (χ0v) is 21.2. The van der Waals surface area contributed by atoms with Crippen LogP contribution in [-0.4, -0.2) is 52.1 Å². The van der Waals surface area contributed by atoms with Gasteiger partial charge in [-0.15, -0.1) is 0 Å². The summed E-state index contributed by atoms with van der Waals surface area (Å²) in [6.07, 6.45) is 5.12. The number of hydrogen-bond acceptors (Lipinski definition) is 5. The van der Waals surface area contributed by atoms with Crippen LogP contribution >= 0.6 is 0 Å². The summed E-state index contributed by atoms with van der Waals surface area (Å²) < 4.78 is 8.35. The Kier molecular flexibility index (Phi) is 5.03. The number of carbonyl (C=O) groups is 1. The summed E-state index contributed by atoms with van der Waals surface area (Å²) in [4.78, 5) is 21.3. The van der Waals surface area contributed by atoms with Crippen molar-refractivity contribution in [1.29, 1.82) is 5.26 Å². The molecule has 1 amide bonds. The molecule has 0 N–H and O–H groups in total. The Morgan fingerprint density at radius 1 is 1.25 bits per heavy atom. The number of nitrogens with zero attached hydrogens (tertiary/aromatic N) is 5. The molecule has 0 atom stereocenters. The molecule has 0 saturated carbocycles. The van der Waals surface area contributed by atoms with Gasteiger partial charge in [0.05, 0.1) is 23.4 Å². The van der Waals surface area contributed by atoms with Crippen molar-refractivity contribution in [3.8, 4) is 17.2 Å². The third-order valence-corrected chi connectivity index (χ3v) is 8.12. The van der Waals surface area contributed by atoms with E-state index in [1.807, 2.05) is 11.9 Å². The maximum Gasteiger partial charge on any atom is 0.245 e. The number of anilines is 1. The Bertz CT molecular complexity index is 1450. The van der Waals surface area contributed by atoms with E-state index in [2.05, 4.69) is 66.4 Å². The summed E-state index contributed by atoms with van der Waals surface area (Å²) in [7, 11) is 2.04. The highest BCUT2D eigenvalue weighted by Gasteiger charge is 2.49. The van der Waals surface area contributed by atoms with Gasteiger partial charge in [-0.05, 0) is 32.4 Å². The molecule has 3 aromatic rings. The molecule has 3 aliphatic rings. The molecule has 36 heavy (non-hydrogen) atoms. The minimum Gasteiger partial charge on any atom is -0.370 e. The fourth-order valence-electron chi connectivity index (χ4n) is 6.29. The Hall–Kier alpha value is -3.63. The molecular weight excluding hydrogens is 450 g/mol. The number of hydrogen-bond donors (Lipinski definition) is 0. The lowest BCUT2D eigenvalue weighted by atomic mass is 9.79. The highest BCUT2D eigenvalue weighted by atomic mass is 16.5. The van der Waals surface area contributed by atoms with Crippen molar-refractivity contribution in [2.24, 2.45) is 12.5 Å². The predicted octanol–water partition coefficient (Wildman–Crippen LogP) is 4.19. The molecule has 2 aromatic heterocycles. The van der Waals surface area contributed by atoms with Gasteiger partial charge < -0.3 is 19.1 Å². The number of nitriles is 1. The number of amides is 1. The van der Waals surface area contributed by atoms with Gasteiger partial charge in [-0.3, -0.25) is 4.79 Å². The van der Waals surface area contributed by atoms with Crippen LogP contribution in [0.2, 0.25) is 0 Å². The standard InChI is InChI=1S/C29H31N5O2/c1-5-24(35)34-17-29(18-34)10-12-33(16-29)27-21(14-30)25(22-15-36-28(2,3)13-23(22)31-27)20-8-6-7-19-9-11-32(4)26(19)20/h5-9,11H,1,10,12-13,15-18H2,2-4H3. The van der Waals surface area contributed by atoms with E-state index in [9.17, 15) is 10.1 Å². The Labute approximate surface area is 211 Å². The number of aryl methyl sites for hydroxylation is 1. The van der Waals surface area contributed by atoms with Crippen LogP contribution in [-0.2, 0) is 29.6 Å². The maximum absolute atomic E-state index is 12.0. The number of likely N-dealkylation sites (tertiary alicyclic amines) is 1. The predicted molar refractivity (Wildman–Crippen MR) is 139 cm³/mol. The largest absolute Gasteiger partial charge is 0.370 e. The molecule has 1 spiro atoms. The van der Waals surface area contributed by atoms with Gasteiger partial charge in [0.1, 0.15) is 17.5 Å². The number of rotatable bonds is 3. The summed E-state index contributed by atoms with van der Waals surface area (Å²) in [5.74, 6) is 0.754. The van der Waals surface area contributed by atoms with Crippen LogP contribution in [0.25, 0.3) is 22.0 Å². The van der Waals surface area contributed by atoms with Gasteiger partial charge in [-0.1, -0.05) is 24.8 Å². The Morgan fingerprint density at radius 2 is 2.06 bits per heavy atom. The lowest BCUT2D eigenvalue weighted by Crippen LogP contribution is -2.59. The van der Waals surface area contributed by atoms with E-state index >= 15 is 0 Å².